The lowest BCUT2D eigenvalue weighted by Gasteiger charge is -2.26. The molecule has 1 aliphatic heterocycles. The van der Waals surface area contributed by atoms with E-state index in [1.807, 2.05) is 18.2 Å². The molecule has 2 N–H and O–H groups in total. The van der Waals surface area contributed by atoms with Gasteiger partial charge in [0.05, 0.1) is 23.0 Å². The Morgan fingerprint density at radius 3 is 2.55 bits per heavy atom. The largest absolute Gasteiger partial charge is 0.478 e. The number of carboxylic acid groups (broad SMARTS) is 1. The number of anilines is 1. The third-order valence-electron chi connectivity index (χ3n) is 5.55. The van der Waals surface area contributed by atoms with Crippen molar-refractivity contribution in [1.29, 1.82) is 0 Å². The van der Waals surface area contributed by atoms with Crippen molar-refractivity contribution in [3.63, 3.8) is 0 Å². The Hall–Kier alpha value is -4.04. The van der Waals surface area contributed by atoms with Crippen LogP contribution in [-0.2, 0) is 0 Å². The topological polar surface area (TPSA) is 78.6 Å². The summed E-state index contributed by atoms with van der Waals surface area (Å²) in [5.74, 6) is -0.576. The quantitative estimate of drug-likeness (QED) is 0.389. The average Bonchev–Trinajstić information content (AvgIpc) is 3.44. The van der Waals surface area contributed by atoms with E-state index in [2.05, 4.69) is 10.3 Å². The highest BCUT2D eigenvalue weighted by atomic mass is 32.1. The SMILES string of the molecule is O=C(O)c1ccccc1-c1ccc([C@@H]2[C@@H](c3ccccn3)NC(=S)N2c2ccccc2F)o1. The van der Waals surface area contributed by atoms with E-state index in [9.17, 15) is 14.3 Å². The summed E-state index contributed by atoms with van der Waals surface area (Å²) in [6.07, 6.45) is 1.68. The number of furan rings is 1. The second kappa shape index (κ2) is 8.48. The molecule has 1 saturated heterocycles. The van der Waals surface area contributed by atoms with Crippen LogP contribution in [0.1, 0.15) is 33.9 Å². The number of aromatic nitrogens is 1. The number of hydrogen-bond donors (Lipinski definition) is 2. The summed E-state index contributed by atoms with van der Waals surface area (Å²) in [5, 5.41) is 13.1. The predicted octanol–water partition coefficient (Wildman–Crippen LogP) is 5.36. The molecular formula is C25H18FN3O3S. The number of carboxylic acids is 1. The first-order valence-corrected chi connectivity index (χ1v) is 10.6. The lowest BCUT2D eigenvalue weighted by Crippen LogP contribution is -2.30. The molecule has 2 atom stereocenters. The van der Waals surface area contributed by atoms with Gasteiger partial charge in [-0.2, -0.15) is 0 Å². The lowest BCUT2D eigenvalue weighted by molar-refractivity contribution is 0.0697. The Labute approximate surface area is 194 Å². The van der Waals surface area contributed by atoms with E-state index in [4.69, 9.17) is 16.6 Å². The summed E-state index contributed by atoms with van der Waals surface area (Å²) in [6, 6.07) is 21.1. The summed E-state index contributed by atoms with van der Waals surface area (Å²) in [5.41, 5.74) is 1.61. The van der Waals surface area contributed by atoms with Gasteiger partial charge in [0.1, 0.15) is 23.4 Å². The number of rotatable bonds is 5. The molecule has 0 amide bonds. The normalized spacial score (nSPS) is 17.7. The second-order valence-electron chi connectivity index (χ2n) is 7.50. The molecule has 1 fully saturated rings. The van der Waals surface area contributed by atoms with Crippen molar-refractivity contribution in [2.45, 2.75) is 12.1 Å². The zero-order valence-electron chi connectivity index (χ0n) is 17.2. The molecule has 4 aromatic rings. The Balaban J connectivity index is 1.63. The highest BCUT2D eigenvalue weighted by Crippen LogP contribution is 2.43. The molecule has 5 rings (SSSR count). The van der Waals surface area contributed by atoms with Crippen LogP contribution in [0.4, 0.5) is 10.1 Å². The van der Waals surface area contributed by atoms with Crippen LogP contribution in [0.15, 0.2) is 89.5 Å². The lowest BCUT2D eigenvalue weighted by atomic mass is 10.0. The number of hydrogen-bond acceptors (Lipinski definition) is 4. The molecule has 0 spiro atoms. The molecule has 164 valence electrons. The monoisotopic (exact) mass is 459 g/mol. The molecule has 33 heavy (non-hydrogen) atoms. The molecule has 0 unspecified atom stereocenters. The maximum atomic E-state index is 14.8. The van der Waals surface area contributed by atoms with Crippen molar-refractivity contribution in [2.75, 3.05) is 4.90 Å². The number of carbonyl (C=O) groups is 1. The van der Waals surface area contributed by atoms with Gasteiger partial charge in [-0.05, 0) is 54.7 Å². The maximum absolute atomic E-state index is 14.8. The molecule has 0 radical (unpaired) electrons. The van der Waals surface area contributed by atoms with Gasteiger partial charge in [0.15, 0.2) is 5.11 Å². The minimum atomic E-state index is -1.05. The van der Waals surface area contributed by atoms with Crippen molar-refractivity contribution in [3.05, 3.63) is 108 Å². The van der Waals surface area contributed by atoms with Gasteiger partial charge in [0.2, 0.25) is 0 Å². The van der Waals surface area contributed by atoms with Crippen LogP contribution in [0, 0.1) is 5.82 Å². The number of halogens is 1. The fourth-order valence-corrected chi connectivity index (χ4v) is 4.43. The van der Waals surface area contributed by atoms with Crippen LogP contribution in [0.3, 0.4) is 0 Å². The number of pyridine rings is 1. The van der Waals surface area contributed by atoms with Crippen molar-refractivity contribution >= 4 is 29.0 Å². The Bertz CT molecular complexity index is 1340. The Kier molecular flexibility index (Phi) is 5.35. The van der Waals surface area contributed by atoms with Gasteiger partial charge in [-0.1, -0.05) is 36.4 Å². The summed E-state index contributed by atoms with van der Waals surface area (Å²) in [7, 11) is 0. The molecule has 0 bridgehead atoms. The second-order valence-corrected chi connectivity index (χ2v) is 7.89. The van der Waals surface area contributed by atoms with Crippen molar-refractivity contribution in [2.24, 2.45) is 0 Å². The fourth-order valence-electron chi connectivity index (χ4n) is 4.09. The average molecular weight is 460 g/mol. The number of nitrogens with one attached hydrogen (secondary N) is 1. The van der Waals surface area contributed by atoms with Crippen LogP contribution in [0.5, 0.6) is 0 Å². The third kappa shape index (κ3) is 3.74. The predicted molar refractivity (Wildman–Crippen MR) is 125 cm³/mol. The maximum Gasteiger partial charge on any atom is 0.336 e. The molecule has 1 aliphatic rings. The van der Waals surface area contributed by atoms with E-state index in [1.165, 1.54) is 12.1 Å². The number of nitrogens with zero attached hydrogens (tertiary/aromatic N) is 2. The molecule has 2 aromatic carbocycles. The van der Waals surface area contributed by atoms with Crippen LogP contribution >= 0.6 is 12.2 Å². The number of para-hydroxylation sites is 1. The summed E-state index contributed by atoms with van der Waals surface area (Å²) < 4.78 is 21.0. The van der Waals surface area contributed by atoms with Crippen molar-refractivity contribution in [1.82, 2.24) is 10.3 Å². The van der Waals surface area contributed by atoms with Gasteiger partial charge >= 0.3 is 5.97 Å². The van der Waals surface area contributed by atoms with Crippen LogP contribution in [0.2, 0.25) is 0 Å². The van der Waals surface area contributed by atoms with Gasteiger partial charge < -0.3 is 19.7 Å². The first kappa shape index (κ1) is 20.8. The number of thiocarbonyl (C=S) groups is 1. The van der Waals surface area contributed by atoms with E-state index < -0.39 is 23.9 Å². The molecule has 3 heterocycles. The molecule has 0 aliphatic carbocycles. The Morgan fingerprint density at radius 1 is 1.03 bits per heavy atom. The fraction of sp³-hybridized carbons (Fsp3) is 0.0800. The smallest absolute Gasteiger partial charge is 0.336 e. The van der Waals surface area contributed by atoms with Gasteiger partial charge in [-0.15, -0.1) is 0 Å². The van der Waals surface area contributed by atoms with E-state index in [-0.39, 0.29) is 5.56 Å². The first-order valence-electron chi connectivity index (χ1n) is 10.2. The van der Waals surface area contributed by atoms with Gasteiger partial charge in [0, 0.05) is 11.8 Å². The van der Waals surface area contributed by atoms with Gasteiger partial charge in [-0.25, -0.2) is 9.18 Å². The van der Waals surface area contributed by atoms with Crippen molar-refractivity contribution in [3.8, 4) is 11.3 Å². The van der Waals surface area contributed by atoms with Gasteiger partial charge in [-0.3, -0.25) is 4.98 Å². The summed E-state index contributed by atoms with van der Waals surface area (Å²) in [4.78, 5) is 17.8. The summed E-state index contributed by atoms with van der Waals surface area (Å²) >= 11 is 5.59. The number of benzene rings is 2. The van der Waals surface area contributed by atoms with E-state index >= 15 is 0 Å². The first-order chi connectivity index (χ1) is 16.0. The zero-order valence-corrected chi connectivity index (χ0v) is 18.0. The van der Waals surface area contributed by atoms with E-state index in [1.54, 1.807) is 59.6 Å². The van der Waals surface area contributed by atoms with Crippen LogP contribution in [0.25, 0.3) is 11.3 Å². The number of aromatic carboxylic acids is 1. The molecule has 8 heteroatoms. The molecule has 0 saturated carbocycles. The zero-order chi connectivity index (χ0) is 22.9. The van der Waals surface area contributed by atoms with E-state index in [0.29, 0.717) is 33.6 Å². The Morgan fingerprint density at radius 2 is 1.79 bits per heavy atom. The third-order valence-corrected chi connectivity index (χ3v) is 5.87. The van der Waals surface area contributed by atoms with Crippen molar-refractivity contribution < 1.29 is 18.7 Å². The van der Waals surface area contributed by atoms with Crippen LogP contribution < -0.4 is 10.2 Å². The highest BCUT2D eigenvalue weighted by Gasteiger charge is 2.43. The highest BCUT2D eigenvalue weighted by molar-refractivity contribution is 7.80. The minimum Gasteiger partial charge on any atom is -0.478 e. The minimum absolute atomic E-state index is 0.130. The van der Waals surface area contributed by atoms with Crippen LogP contribution in [-0.4, -0.2) is 21.2 Å². The summed E-state index contributed by atoms with van der Waals surface area (Å²) in [6.45, 7) is 0. The molecule has 6 nitrogen and oxygen atoms in total. The van der Waals surface area contributed by atoms with E-state index in [0.717, 1.165) is 0 Å². The molecular weight excluding hydrogens is 441 g/mol. The van der Waals surface area contributed by atoms with Gasteiger partial charge in [0.25, 0.3) is 0 Å². The molecule has 2 aromatic heterocycles. The standard InChI is InChI=1S/C25H18FN3O3S/c26-17-9-3-4-11-19(17)29-23(22(28-25(29)33)18-10-5-6-14-27-18)21-13-12-20(32-21)15-7-1-2-8-16(15)24(30)31/h1-14,22-23H,(H,28,33)(H,30,31)/t22-,23-/m1/s1.